The van der Waals surface area contributed by atoms with Gasteiger partial charge in [0, 0.05) is 11.3 Å². The monoisotopic (exact) mass is 239 g/mol. The fourth-order valence-corrected chi connectivity index (χ4v) is 2.41. The van der Waals surface area contributed by atoms with Crippen molar-refractivity contribution in [3.63, 3.8) is 0 Å². The summed E-state index contributed by atoms with van der Waals surface area (Å²) in [6, 6.07) is 17.3. The van der Waals surface area contributed by atoms with Crippen molar-refractivity contribution in [2.24, 2.45) is 4.99 Å². The fraction of sp³-hybridized carbons (Fsp3) is 0.188. The van der Waals surface area contributed by atoms with Crippen molar-refractivity contribution in [2.45, 2.75) is 18.9 Å². The van der Waals surface area contributed by atoms with Crippen LogP contribution in [0.25, 0.3) is 0 Å². The van der Waals surface area contributed by atoms with E-state index in [2.05, 4.69) is 17.1 Å². The molecule has 0 saturated carbocycles. The molecule has 2 heteroatoms. The van der Waals surface area contributed by atoms with Crippen molar-refractivity contribution in [3.05, 3.63) is 71.5 Å². The highest BCUT2D eigenvalue weighted by Crippen LogP contribution is 2.31. The summed E-state index contributed by atoms with van der Waals surface area (Å²) in [5, 5.41) is 0. The van der Waals surface area contributed by atoms with E-state index in [0.717, 1.165) is 18.6 Å². The molecule has 3 rings (SSSR count). The van der Waals surface area contributed by atoms with Crippen molar-refractivity contribution < 1.29 is 4.39 Å². The van der Waals surface area contributed by atoms with Gasteiger partial charge in [-0.05, 0) is 24.5 Å². The maximum Gasteiger partial charge on any atom is 0.132 e. The number of halogens is 1. The largest absolute Gasteiger partial charge is 0.281 e. The molecule has 2 aromatic carbocycles. The third kappa shape index (κ3) is 2.06. The van der Waals surface area contributed by atoms with Crippen LogP contribution in [0.2, 0.25) is 0 Å². The van der Waals surface area contributed by atoms with Crippen LogP contribution in [-0.4, -0.2) is 5.71 Å². The van der Waals surface area contributed by atoms with Crippen molar-refractivity contribution in [1.82, 2.24) is 0 Å². The predicted molar refractivity (Wildman–Crippen MR) is 71.4 cm³/mol. The Morgan fingerprint density at radius 3 is 2.44 bits per heavy atom. The summed E-state index contributed by atoms with van der Waals surface area (Å²) in [5.41, 5.74) is 2.75. The number of hydrogen-bond donors (Lipinski definition) is 0. The topological polar surface area (TPSA) is 12.4 Å². The van der Waals surface area contributed by atoms with Gasteiger partial charge in [-0.3, -0.25) is 4.99 Å². The lowest BCUT2D eigenvalue weighted by molar-refractivity contribution is 0.625. The molecule has 1 atom stereocenters. The van der Waals surface area contributed by atoms with E-state index in [1.807, 2.05) is 30.3 Å². The Labute approximate surface area is 106 Å². The molecule has 1 unspecified atom stereocenters. The van der Waals surface area contributed by atoms with E-state index >= 15 is 0 Å². The highest BCUT2D eigenvalue weighted by molar-refractivity contribution is 6.02. The average molecular weight is 239 g/mol. The van der Waals surface area contributed by atoms with Crippen LogP contribution in [0, 0.1) is 5.82 Å². The molecule has 0 aliphatic carbocycles. The minimum absolute atomic E-state index is 0.176. The molecular formula is C16H14FN. The van der Waals surface area contributed by atoms with Crippen molar-refractivity contribution in [2.75, 3.05) is 0 Å². The summed E-state index contributed by atoms with van der Waals surface area (Å²) in [4.78, 5) is 4.67. The molecule has 18 heavy (non-hydrogen) atoms. The first-order chi connectivity index (χ1) is 8.84. The summed E-state index contributed by atoms with van der Waals surface area (Å²) >= 11 is 0. The number of aliphatic imine (C=N–C) groups is 1. The standard InChI is InChI=1S/C16H14FN/c17-14-9-5-4-8-13(14)16-11-10-15(18-16)12-6-2-1-3-7-12/h1-9,15H,10-11H2. The Morgan fingerprint density at radius 1 is 0.944 bits per heavy atom. The van der Waals surface area contributed by atoms with Gasteiger partial charge < -0.3 is 0 Å². The summed E-state index contributed by atoms with van der Waals surface area (Å²) < 4.78 is 13.7. The molecular weight excluding hydrogens is 225 g/mol. The van der Waals surface area contributed by atoms with Crippen LogP contribution in [0.5, 0.6) is 0 Å². The van der Waals surface area contributed by atoms with E-state index in [1.54, 1.807) is 6.07 Å². The highest BCUT2D eigenvalue weighted by Gasteiger charge is 2.21. The van der Waals surface area contributed by atoms with Gasteiger partial charge in [0.25, 0.3) is 0 Å². The molecule has 1 nitrogen and oxygen atoms in total. The molecule has 0 aromatic heterocycles. The molecule has 0 spiro atoms. The van der Waals surface area contributed by atoms with Crippen LogP contribution >= 0.6 is 0 Å². The van der Waals surface area contributed by atoms with E-state index in [0.29, 0.717) is 5.56 Å². The SMILES string of the molecule is Fc1ccccc1C1=NC(c2ccccc2)CC1. The number of benzene rings is 2. The van der Waals surface area contributed by atoms with Crippen molar-refractivity contribution in [1.29, 1.82) is 0 Å². The maximum absolute atomic E-state index is 13.7. The second kappa shape index (κ2) is 4.73. The first kappa shape index (κ1) is 11.1. The molecule has 1 heterocycles. The maximum atomic E-state index is 13.7. The Balaban J connectivity index is 1.91. The van der Waals surface area contributed by atoms with Gasteiger partial charge in [0.1, 0.15) is 5.82 Å². The van der Waals surface area contributed by atoms with Crippen LogP contribution < -0.4 is 0 Å². The van der Waals surface area contributed by atoms with Gasteiger partial charge in [0.05, 0.1) is 6.04 Å². The van der Waals surface area contributed by atoms with Crippen LogP contribution in [0.4, 0.5) is 4.39 Å². The van der Waals surface area contributed by atoms with Gasteiger partial charge in [-0.2, -0.15) is 0 Å². The molecule has 0 bridgehead atoms. The van der Waals surface area contributed by atoms with Gasteiger partial charge in [0.2, 0.25) is 0 Å². The Kier molecular flexibility index (Phi) is 2.93. The van der Waals surface area contributed by atoms with Gasteiger partial charge in [-0.15, -0.1) is 0 Å². The molecule has 0 amide bonds. The second-order valence-electron chi connectivity index (χ2n) is 4.52. The molecule has 0 fully saturated rings. The zero-order valence-corrected chi connectivity index (χ0v) is 10.0. The number of nitrogens with zero attached hydrogens (tertiary/aromatic N) is 1. The molecule has 0 radical (unpaired) electrons. The quantitative estimate of drug-likeness (QED) is 0.746. The highest BCUT2D eigenvalue weighted by atomic mass is 19.1. The molecule has 0 N–H and O–H groups in total. The van der Waals surface area contributed by atoms with E-state index in [4.69, 9.17) is 0 Å². The number of hydrogen-bond acceptors (Lipinski definition) is 1. The van der Waals surface area contributed by atoms with Gasteiger partial charge >= 0.3 is 0 Å². The minimum Gasteiger partial charge on any atom is -0.281 e. The normalized spacial score (nSPS) is 18.7. The Hall–Kier alpha value is -1.96. The zero-order chi connectivity index (χ0) is 12.4. The van der Waals surface area contributed by atoms with Crippen molar-refractivity contribution in [3.8, 4) is 0 Å². The smallest absolute Gasteiger partial charge is 0.132 e. The second-order valence-corrected chi connectivity index (χ2v) is 4.52. The third-order valence-electron chi connectivity index (χ3n) is 3.34. The summed E-state index contributed by atoms with van der Waals surface area (Å²) in [7, 11) is 0. The van der Waals surface area contributed by atoms with E-state index in [-0.39, 0.29) is 11.9 Å². The van der Waals surface area contributed by atoms with Crippen LogP contribution in [-0.2, 0) is 0 Å². The van der Waals surface area contributed by atoms with E-state index in [1.165, 1.54) is 11.6 Å². The number of rotatable bonds is 2. The van der Waals surface area contributed by atoms with Crippen LogP contribution in [0.15, 0.2) is 59.6 Å². The molecule has 90 valence electrons. The predicted octanol–water partition coefficient (Wildman–Crippen LogP) is 4.15. The van der Waals surface area contributed by atoms with Gasteiger partial charge in [-0.25, -0.2) is 4.39 Å². The van der Waals surface area contributed by atoms with Crippen molar-refractivity contribution >= 4 is 5.71 Å². The van der Waals surface area contributed by atoms with Gasteiger partial charge in [-0.1, -0.05) is 48.5 Å². The third-order valence-corrected chi connectivity index (χ3v) is 3.34. The summed E-state index contributed by atoms with van der Waals surface area (Å²) in [6.07, 6.45) is 1.81. The molecule has 2 aromatic rings. The Morgan fingerprint density at radius 2 is 1.67 bits per heavy atom. The summed E-state index contributed by atoms with van der Waals surface area (Å²) in [6.45, 7) is 0. The lowest BCUT2D eigenvalue weighted by atomic mass is 10.0. The average Bonchev–Trinajstić information content (AvgIpc) is 2.90. The first-order valence-electron chi connectivity index (χ1n) is 6.21. The minimum atomic E-state index is -0.176. The van der Waals surface area contributed by atoms with Crippen LogP contribution in [0.1, 0.15) is 30.0 Å². The van der Waals surface area contributed by atoms with E-state index in [9.17, 15) is 4.39 Å². The lowest BCUT2D eigenvalue weighted by Gasteiger charge is -2.05. The molecule has 1 aliphatic rings. The molecule has 0 saturated heterocycles. The van der Waals surface area contributed by atoms with Gasteiger partial charge in [0.15, 0.2) is 0 Å². The zero-order valence-electron chi connectivity index (χ0n) is 10.0. The Bertz CT molecular complexity index is 575. The summed E-state index contributed by atoms with van der Waals surface area (Å²) in [5.74, 6) is -0.176. The molecule has 1 aliphatic heterocycles. The van der Waals surface area contributed by atoms with Crippen LogP contribution in [0.3, 0.4) is 0 Å². The fourth-order valence-electron chi connectivity index (χ4n) is 2.41. The van der Waals surface area contributed by atoms with E-state index < -0.39 is 0 Å². The lowest BCUT2D eigenvalue weighted by Crippen LogP contribution is -1.99. The first-order valence-corrected chi connectivity index (χ1v) is 6.21.